The molecule has 3 heterocycles. The average Bonchev–Trinajstić information content (AvgIpc) is 3.07. The van der Waals surface area contributed by atoms with E-state index >= 15 is 0 Å². The highest BCUT2D eigenvalue weighted by atomic mass is 16.5. The number of carbonyl (C=O) groups is 1. The molecule has 1 saturated heterocycles. The van der Waals surface area contributed by atoms with Crippen LogP contribution in [0.1, 0.15) is 24.6 Å². The number of piperidine rings is 1. The summed E-state index contributed by atoms with van der Waals surface area (Å²) in [5, 5.41) is 11.2. The maximum atomic E-state index is 12.2. The van der Waals surface area contributed by atoms with Crippen molar-refractivity contribution < 1.29 is 13.9 Å². The Morgan fingerprint density at radius 1 is 1.32 bits per heavy atom. The fourth-order valence-electron chi connectivity index (χ4n) is 3.21. The first kappa shape index (κ1) is 18.2. The van der Waals surface area contributed by atoms with Crippen molar-refractivity contribution in [1.29, 1.82) is 0 Å². The first-order valence-corrected chi connectivity index (χ1v) is 9.17. The lowest BCUT2D eigenvalue weighted by molar-refractivity contribution is -0.118. The smallest absolute Gasteiger partial charge is 0.336 e. The second-order valence-electron chi connectivity index (χ2n) is 6.73. The van der Waals surface area contributed by atoms with Crippen molar-refractivity contribution in [1.82, 2.24) is 20.1 Å². The Morgan fingerprint density at radius 2 is 2.11 bits per heavy atom. The molecule has 1 aromatic carbocycles. The number of nitrogens with zero attached hydrogens (tertiary/aromatic N) is 3. The monoisotopic (exact) mass is 383 g/mol. The third-order valence-electron chi connectivity index (χ3n) is 4.70. The second kappa shape index (κ2) is 7.81. The molecule has 1 amide bonds. The highest BCUT2D eigenvalue weighted by molar-refractivity contribution is 5.90. The van der Waals surface area contributed by atoms with Crippen LogP contribution in [0.3, 0.4) is 0 Å². The summed E-state index contributed by atoms with van der Waals surface area (Å²) in [6.45, 7) is 1.70. The number of hydrogen-bond donors (Lipinski definition) is 2. The fourth-order valence-corrected chi connectivity index (χ4v) is 3.21. The molecule has 0 saturated carbocycles. The van der Waals surface area contributed by atoms with E-state index < -0.39 is 5.63 Å². The van der Waals surface area contributed by atoms with E-state index in [-0.39, 0.29) is 12.5 Å². The number of aromatic nitrogens is 3. The number of fused-ring (bicyclic) bond motifs is 1. The molecule has 146 valence electrons. The van der Waals surface area contributed by atoms with Crippen LogP contribution in [0.15, 0.2) is 39.5 Å². The van der Waals surface area contributed by atoms with Crippen LogP contribution in [-0.2, 0) is 11.8 Å². The van der Waals surface area contributed by atoms with Gasteiger partial charge < -0.3 is 14.5 Å². The second-order valence-corrected chi connectivity index (χ2v) is 6.73. The zero-order valence-electron chi connectivity index (χ0n) is 15.5. The minimum absolute atomic E-state index is 0.196. The van der Waals surface area contributed by atoms with Crippen LogP contribution in [0.4, 0.5) is 5.95 Å². The van der Waals surface area contributed by atoms with Crippen molar-refractivity contribution in [2.75, 3.05) is 25.0 Å². The van der Waals surface area contributed by atoms with Gasteiger partial charge in [0.2, 0.25) is 5.95 Å². The zero-order chi connectivity index (χ0) is 19.5. The summed E-state index contributed by atoms with van der Waals surface area (Å²) in [6, 6.07) is 8.09. The molecule has 9 nitrogen and oxygen atoms in total. The highest BCUT2D eigenvalue weighted by Crippen LogP contribution is 2.23. The van der Waals surface area contributed by atoms with Gasteiger partial charge in [0.1, 0.15) is 11.3 Å². The van der Waals surface area contributed by atoms with Crippen molar-refractivity contribution in [2.24, 2.45) is 7.05 Å². The van der Waals surface area contributed by atoms with Crippen LogP contribution in [-0.4, -0.2) is 40.4 Å². The van der Waals surface area contributed by atoms with Crippen molar-refractivity contribution in [2.45, 2.75) is 18.8 Å². The van der Waals surface area contributed by atoms with Gasteiger partial charge in [-0.3, -0.25) is 10.1 Å². The molecule has 1 fully saturated rings. The summed E-state index contributed by atoms with van der Waals surface area (Å²) in [5.41, 5.74) is -0.0282. The van der Waals surface area contributed by atoms with Gasteiger partial charge in [0.05, 0.1) is 0 Å². The van der Waals surface area contributed by atoms with Gasteiger partial charge in [0.25, 0.3) is 5.91 Å². The summed E-state index contributed by atoms with van der Waals surface area (Å²) >= 11 is 0. The van der Waals surface area contributed by atoms with E-state index in [1.807, 2.05) is 0 Å². The van der Waals surface area contributed by atoms with E-state index in [2.05, 4.69) is 20.7 Å². The number of rotatable bonds is 5. The highest BCUT2D eigenvalue weighted by Gasteiger charge is 2.21. The van der Waals surface area contributed by atoms with Crippen LogP contribution in [0.2, 0.25) is 0 Å². The van der Waals surface area contributed by atoms with Crippen LogP contribution in [0, 0.1) is 0 Å². The summed E-state index contributed by atoms with van der Waals surface area (Å²) in [5.74, 6) is 1.55. The van der Waals surface area contributed by atoms with Crippen LogP contribution in [0.25, 0.3) is 11.0 Å². The minimum Gasteiger partial charge on any atom is -0.484 e. The number of ether oxygens (including phenoxy) is 1. The van der Waals surface area contributed by atoms with Gasteiger partial charge in [-0.2, -0.15) is 10.1 Å². The molecular weight excluding hydrogens is 362 g/mol. The molecule has 0 unspecified atom stereocenters. The quantitative estimate of drug-likeness (QED) is 0.641. The molecule has 0 aliphatic carbocycles. The molecule has 0 spiro atoms. The molecule has 3 aromatic rings. The molecule has 2 N–H and O–H groups in total. The van der Waals surface area contributed by atoms with E-state index in [9.17, 15) is 9.59 Å². The largest absolute Gasteiger partial charge is 0.484 e. The molecule has 0 bridgehead atoms. The molecule has 4 rings (SSSR count). The number of carbonyl (C=O) groups excluding carboxylic acids is 1. The number of amides is 1. The summed E-state index contributed by atoms with van der Waals surface area (Å²) in [7, 11) is 1.75. The van der Waals surface area contributed by atoms with Gasteiger partial charge in [-0.1, -0.05) is 0 Å². The van der Waals surface area contributed by atoms with Gasteiger partial charge in [-0.25, -0.2) is 9.48 Å². The fraction of sp³-hybridized carbons (Fsp3) is 0.368. The topological polar surface area (TPSA) is 111 Å². The lowest BCUT2D eigenvalue weighted by atomic mass is 9.98. The molecule has 0 atom stereocenters. The van der Waals surface area contributed by atoms with E-state index in [0.29, 0.717) is 23.2 Å². The number of benzene rings is 1. The van der Waals surface area contributed by atoms with Gasteiger partial charge in [0.15, 0.2) is 12.4 Å². The third-order valence-corrected chi connectivity index (χ3v) is 4.70. The molecule has 9 heteroatoms. The molecule has 1 aliphatic rings. The van der Waals surface area contributed by atoms with Gasteiger partial charge in [-0.15, -0.1) is 0 Å². The normalized spacial score (nSPS) is 14.9. The molecule has 1 aliphatic heterocycles. The Bertz CT molecular complexity index is 1050. The predicted molar refractivity (Wildman–Crippen MR) is 102 cm³/mol. The molecular formula is C19H21N5O4. The van der Waals surface area contributed by atoms with Crippen molar-refractivity contribution in [3.8, 4) is 5.75 Å². The molecule has 2 aromatic heterocycles. The Hall–Kier alpha value is -3.20. The number of anilines is 1. The molecule has 28 heavy (non-hydrogen) atoms. The zero-order valence-corrected chi connectivity index (χ0v) is 15.5. The summed E-state index contributed by atoms with van der Waals surface area (Å²) in [4.78, 5) is 28.0. The number of hydrogen-bond acceptors (Lipinski definition) is 7. The van der Waals surface area contributed by atoms with Crippen LogP contribution >= 0.6 is 0 Å². The minimum atomic E-state index is -0.436. The Kier molecular flexibility index (Phi) is 5.07. The van der Waals surface area contributed by atoms with Gasteiger partial charge in [-0.05, 0) is 44.1 Å². The maximum Gasteiger partial charge on any atom is 0.336 e. The van der Waals surface area contributed by atoms with Crippen LogP contribution < -0.4 is 21.0 Å². The summed E-state index contributed by atoms with van der Waals surface area (Å²) in [6.07, 6.45) is 1.97. The SMILES string of the molecule is Cn1nc(C2CCNCC2)nc1NC(=O)COc1ccc2ccc(=O)oc2c1. The molecule has 0 radical (unpaired) electrons. The van der Waals surface area contributed by atoms with Gasteiger partial charge >= 0.3 is 5.63 Å². The number of nitrogens with one attached hydrogen (secondary N) is 2. The number of aryl methyl sites for hydroxylation is 1. The standard InChI is InChI=1S/C19H21N5O4/c1-24-19(22-18(23-24)13-6-8-20-9-7-13)21-16(25)11-27-14-4-2-12-3-5-17(26)28-15(12)10-14/h2-5,10,13,20H,6-9,11H2,1H3,(H,21,22,23,25). The Balaban J connectivity index is 1.38. The van der Waals surface area contributed by atoms with E-state index in [1.165, 1.54) is 6.07 Å². The third kappa shape index (κ3) is 4.04. The Morgan fingerprint density at radius 3 is 2.93 bits per heavy atom. The lowest BCUT2D eigenvalue weighted by Gasteiger charge is -2.19. The van der Waals surface area contributed by atoms with E-state index in [1.54, 1.807) is 36.0 Å². The van der Waals surface area contributed by atoms with Crippen molar-refractivity contribution in [3.05, 3.63) is 46.6 Å². The lowest BCUT2D eigenvalue weighted by Crippen LogP contribution is -2.27. The van der Waals surface area contributed by atoms with Gasteiger partial charge in [0, 0.05) is 30.5 Å². The predicted octanol–water partition coefficient (Wildman–Crippen LogP) is 1.41. The average molecular weight is 383 g/mol. The Labute approximate surface area is 160 Å². The van der Waals surface area contributed by atoms with Crippen LogP contribution in [0.5, 0.6) is 5.75 Å². The maximum absolute atomic E-state index is 12.2. The van der Waals surface area contributed by atoms with Crippen molar-refractivity contribution >= 4 is 22.8 Å². The van der Waals surface area contributed by atoms with E-state index in [0.717, 1.165) is 37.1 Å². The van der Waals surface area contributed by atoms with E-state index in [4.69, 9.17) is 9.15 Å². The first-order chi connectivity index (χ1) is 13.6. The first-order valence-electron chi connectivity index (χ1n) is 9.17. The summed E-state index contributed by atoms with van der Waals surface area (Å²) < 4.78 is 12.2. The van der Waals surface area contributed by atoms with Crippen molar-refractivity contribution in [3.63, 3.8) is 0 Å².